The average Bonchev–Trinajstić information content (AvgIpc) is 2.20. The number of alkyl halides is 1. The Hall–Kier alpha value is 0.110. The van der Waals surface area contributed by atoms with Crippen LogP contribution in [0.3, 0.4) is 0 Å². The van der Waals surface area contributed by atoms with Crippen molar-refractivity contribution in [3.8, 4) is 0 Å². The molecule has 1 saturated carbocycles. The van der Waals surface area contributed by atoms with Gasteiger partial charge < -0.3 is 0 Å². The fourth-order valence-electron chi connectivity index (χ4n) is 2.42. The second kappa shape index (κ2) is 5.63. The minimum Gasteiger partial charge on any atom is -0.207 e. The highest BCUT2D eigenvalue weighted by Gasteiger charge is 2.22. The summed E-state index contributed by atoms with van der Waals surface area (Å²) in [4.78, 5) is 0.600. The van der Waals surface area contributed by atoms with E-state index < -0.39 is 0 Å². The van der Waals surface area contributed by atoms with E-state index in [0.717, 1.165) is 16.5 Å². The molecule has 1 fully saturated rings. The van der Waals surface area contributed by atoms with E-state index in [2.05, 4.69) is 31.9 Å². The van der Waals surface area contributed by atoms with Crippen LogP contribution in [0, 0.1) is 11.7 Å². The zero-order chi connectivity index (χ0) is 11.5. The van der Waals surface area contributed by atoms with Gasteiger partial charge >= 0.3 is 0 Å². The minimum atomic E-state index is -0.147. The van der Waals surface area contributed by atoms with Crippen LogP contribution in [0.2, 0.25) is 0 Å². The largest absolute Gasteiger partial charge is 0.207 e. The van der Waals surface area contributed by atoms with Crippen molar-refractivity contribution in [1.82, 2.24) is 0 Å². The number of benzene rings is 1. The molecular weight excluding hydrogens is 335 g/mol. The Morgan fingerprint density at radius 3 is 2.62 bits per heavy atom. The third-order valence-electron chi connectivity index (χ3n) is 3.24. The van der Waals surface area contributed by atoms with Crippen LogP contribution < -0.4 is 0 Å². The molecule has 0 aromatic heterocycles. The van der Waals surface area contributed by atoms with Gasteiger partial charge in [-0.05, 0) is 48.9 Å². The minimum absolute atomic E-state index is 0.147. The molecule has 1 aromatic carbocycles. The normalized spacial score (nSPS) is 25.7. The number of rotatable bonds is 2. The highest BCUT2D eigenvalue weighted by molar-refractivity contribution is 9.10. The molecule has 2 atom stereocenters. The summed E-state index contributed by atoms with van der Waals surface area (Å²) < 4.78 is 14.1. The fourth-order valence-corrected chi connectivity index (χ4v) is 3.71. The van der Waals surface area contributed by atoms with Crippen molar-refractivity contribution in [3.63, 3.8) is 0 Å². The van der Waals surface area contributed by atoms with Crippen molar-refractivity contribution >= 4 is 31.9 Å². The van der Waals surface area contributed by atoms with Gasteiger partial charge in [-0.15, -0.1) is 0 Å². The lowest BCUT2D eigenvalue weighted by atomic mass is 9.85. The highest BCUT2D eigenvalue weighted by atomic mass is 79.9. The molecule has 0 spiro atoms. The second-order valence-corrected chi connectivity index (χ2v) is 6.63. The van der Waals surface area contributed by atoms with Gasteiger partial charge in [0.2, 0.25) is 0 Å². The predicted molar refractivity (Wildman–Crippen MR) is 72.5 cm³/mol. The second-order valence-electron chi connectivity index (χ2n) is 4.54. The molecule has 0 bridgehead atoms. The Bertz CT molecular complexity index is 345. The van der Waals surface area contributed by atoms with Crippen molar-refractivity contribution < 1.29 is 4.39 Å². The van der Waals surface area contributed by atoms with Crippen LogP contribution in [0.4, 0.5) is 4.39 Å². The smallest absolute Gasteiger partial charge is 0.124 e. The van der Waals surface area contributed by atoms with Crippen molar-refractivity contribution in [2.75, 3.05) is 0 Å². The zero-order valence-corrected chi connectivity index (χ0v) is 12.2. The molecule has 2 rings (SSSR count). The Morgan fingerprint density at radius 2 is 1.94 bits per heavy atom. The van der Waals surface area contributed by atoms with Crippen LogP contribution in [-0.4, -0.2) is 4.83 Å². The van der Waals surface area contributed by atoms with Gasteiger partial charge in [0.25, 0.3) is 0 Å². The number of halogens is 3. The van der Waals surface area contributed by atoms with Gasteiger partial charge in [-0.3, -0.25) is 0 Å². The molecule has 0 aliphatic heterocycles. The van der Waals surface area contributed by atoms with E-state index in [-0.39, 0.29) is 5.82 Å². The van der Waals surface area contributed by atoms with Gasteiger partial charge in [-0.1, -0.05) is 44.7 Å². The quantitative estimate of drug-likeness (QED) is 0.653. The van der Waals surface area contributed by atoms with E-state index in [1.165, 1.54) is 31.7 Å². The summed E-state index contributed by atoms with van der Waals surface area (Å²) in [7, 11) is 0. The van der Waals surface area contributed by atoms with Gasteiger partial charge in [0, 0.05) is 9.30 Å². The fraction of sp³-hybridized carbons (Fsp3) is 0.538. The predicted octanol–water partition coefficient (Wildman–Crippen LogP) is 5.08. The summed E-state index contributed by atoms with van der Waals surface area (Å²) in [5.41, 5.74) is 1.10. The molecular formula is C13H15Br2F. The molecule has 2 unspecified atom stereocenters. The molecule has 3 heteroatoms. The first-order valence-corrected chi connectivity index (χ1v) is 7.45. The lowest BCUT2D eigenvalue weighted by Gasteiger charge is -2.27. The summed E-state index contributed by atoms with van der Waals surface area (Å²) in [5.74, 6) is 0.508. The third-order valence-corrected chi connectivity index (χ3v) is 4.90. The Balaban J connectivity index is 2.07. The van der Waals surface area contributed by atoms with Gasteiger partial charge in [-0.2, -0.15) is 0 Å². The summed E-state index contributed by atoms with van der Waals surface area (Å²) >= 11 is 7.08. The van der Waals surface area contributed by atoms with Crippen LogP contribution >= 0.6 is 31.9 Å². The maximum absolute atomic E-state index is 13.2. The van der Waals surface area contributed by atoms with E-state index in [1.54, 1.807) is 6.07 Å². The van der Waals surface area contributed by atoms with Gasteiger partial charge in [0.05, 0.1) is 0 Å². The number of hydrogen-bond acceptors (Lipinski definition) is 0. The standard InChI is InChI=1S/C13H15Br2F/c14-11-6-9(7-12(16)8-11)5-10-3-1-2-4-13(10)15/h6-8,10,13H,1-5H2. The van der Waals surface area contributed by atoms with E-state index in [9.17, 15) is 4.39 Å². The molecule has 0 nitrogen and oxygen atoms in total. The van der Waals surface area contributed by atoms with E-state index in [4.69, 9.17) is 0 Å². The van der Waals surface area contributed by atoms with Crippen molar-refractivity contribution in [2.24, 2.45) is 5.92 Å². The maximum atomic E-state index is 13.2. The van der Waals surface area contributed by atoms with E-state index in [1.807, 2.05) is 6.07 Å². The molecule has 88 valence electrons. The molecule has 0 heterocycles. The van der Waals surface area contributed by atoms with Crippen molar-refractivity contribution in [3.05, 3.63) is 34.1 Å². The summed E-state index contributed by atoms with van der Waals surface area (Å²) in [5, 5.41) is 0. The molecule has 1 aliphatic rings. The zero-order valence-electron chi connectivity index (χ0n) is 9.06. The Labute approximate surface area is 113 Å². The van der Waals surface area contributed by atoms with E-state index >= 15 is 0 Å². The van der Waals surface area contributed by atoms with Crippen LogP contribution in [0.5, 0.6) is 0 Å². The van der Waals surface area contributed by atoms with Crippen LogP contribution in [0.25, 0.3) is 0 Å². The molecule has 0 radical (unpaired) electrons. The lowest BCUT2D eigenvalue weighted by Crippen LogP contribution is -2.21. The maximum Gasteiger partial charge on any atom is 0.124 e. The van der Waals surface area contributed by atoms with Gasteiger partial charge in [0.15, 0.2) is 0 Å². The molecule has 1 aliphatic carbocycles. The Morgan fingerprint density at radius 1 is 1.19 bits per heavy atom. The first-order chi connectivity index (χ1) is 7.65. The van der Waals surface area contributed by atoms with Crippen LogP contribution in [0.15, 0.2) is 22.7 Å². The molecule has 16 heavy (non-hydrogen) atoms. The van der Waals surface area contributed by atoms with E-state index in [0.29, 0.717) is 10.7 Å². The SMILES string of the molecule is Fc1cc(Br)cc(CC2CCCCC2Br)c1. The van der Waals surface area contributed by atoms with Crippen molar-refractivity contribution in [1.29, 1.82) is 0 Å². The summed E-state index contributed by atoms with van der Waals surface area (Å²) in [6, 6.07) is 5.19. The van der Waals surface area contributed by atoms with Crippen LogP contribution in [-0.2, 0) is 6.42 Å². The first kappa shape index (κ1) is 12.6. The third kappa shape index (κ3) is 3.30. The molecule has 1 aromatic rings. The van der Waals surface area contributed by atoms with Crippen LogP contribution in [0.1, 0.15) is 31.2 Å². The average molecular weight is 350 g/mol. The van der Waals surface area contributed by atoms with Gasteiger partial charge in [-0.25, -0.2) is 4.39 Å². The first-order valence-electron chi connectivity index (χ1n) is 5.74. The number of hydrogen-bond donors (Lipinski definition) is 0. The monoisotopic (exact) mass is 348 g/mol. The highest BCUT2D eigenvalue weighted by Crippen LogP contribution is 2.32. The molecule has 0 amide bonds. The summed E-state index contributed by atoms with van der Waals surface area (Å²) in [6.45, 7) is 0. The molecule has 0 saturated heterocycles. The van der Waals surface area contributed by atoms with Gasteiger partial charge in [0.1, 0.15) is 5.82 Å². The van der Waals surface area contributed by atoms with Crippen molar-refractivity contribution in [2.45, 2.75) is 36.9 Å². The topological polar surface area (TPSA) is 0 Å². The lowest BCUT2D eigenvalue weighted by molar-refractivity contribution is 0.373. The summed E-state index contributed by atoms with van der Waals surface area (Å²) in [6.07, 6.45) is 6.11. The Kier molecular flexibility index (Phi) is 4.42. The molecule has 0 N–H and O–H groups in total.